The van der Waals surface area contributed by atoms with Crippen molar-refractivity contribution in [2.75, 3.05) is 6.54 Å². The molecule has 0 bridgehead atoms. The maximum Gasteiger partial charge on any atom is 0.123 e. The second-order valence-electron chi connectivity index (χ2n) is 3.60. The number of rotatable bonds is 4. The molecule has 0 fully saturated rings. The highest BCUT2D eigenvalue weighted by Gasteiger charge is 2.13. The average molecular weight is 235 g/mol. The molecule has 0 aliphatic heterocycles. The molecule has 0 saturated heterocycles. The minimum atomic E-state index is -0.185. The van der Waals surface area contributed by atoms with Gasteiger partial charge < -0.3 is 5.32 Å². The van der Waals surface area contributed by atoms with Crippen molar-refractivity contribution >= 4 is 11.3 Å². The van der Waals surface area contributed by atoms with Gasteiger partial charge >= 0.3 is 0 Å². The zero-order chi connectivity index (χ0) is 11.4. The molecule has 1 unspecified atom stereocenters. The van der Waals surface area contributed by atoms with Gasteiger partial charge in [-0.2, -0.15) is 11.3 Å². The molecule has 0 aliphatic rings. The van der Waals surface area contributed by atoms with Gasteiger partial charge in [0.15, 0.2) is 0 Å². The number of benzene rings is 1. The second-order valence-corrected chi connectivity index (χ2v) is 4.38. The molecule has 3 heteroatoms. The smallest absolute Gasteiger partial charge is 0.123 e. The normalized spacial score (nSPS) is 12.6. The van der Waals surface area contributed by atoms with Crippen LogP contribution in [0.4, 0.5) is 4.39 Å². The van der Waals surface area contributed by atoms with E-state index in [1.54, 1.807) is 23.5 Å². The van der Waals surface area contributed by atoms with Gasteiger partial charge in [-0.05, 0) is 46.6 Å². The zero-order valence-corrected chi connectivity index (χ0v) is 9.93. The first-order chi connectivity index (χ1) is 7.81. The van der Waals surface area contributed by atoms with Gasteiger partial charge in [0.2, 0.25) is 0 Å². The second kappa shape index (κ2) is 5.23. The predicted molar refractivity (Wildman–Crippen MR) is 66.2 cm³/mol. The van der Waals surface area contributed by atoms with E-state index in [9.17, 15) is 4.39 Å². The van der Waals surface area contributed by atoms with E-state index in [0.29, 0.717) is 0 Å². The Labute approximate surface area is 98.9 Å². The molecular weight excluding hydrogens is 221 g/mol. The summed E-state index contributed by atoms with van der Waals surface area (Å²) in [5.41, 5.74) is 2.16. The average Bonchev–Trinajstić information content (AvgIpc) is 2.79. The number of hydrogen-bond donors (Lipinski definition) is 1. The van der Waals surface area contributed by atoms with Gasteiger partial charge in [-0.1, -0.05) is 19.1 Å². The van der Waals surface area contributed by atoms with Crippen LogP contribution in [0, 0.1) is 5.82 Å². The zero-order valence-electron chi connectivity index (χ0n) is 9.11. The Morgan fingerprint density at radius 2 is 2.19 bits per heavy atom. The van der Waals surface area contributed by atoms with Crippen LogP contribution in [0.25, 0.3) is 0 Å². The van der Waals surface area contributed by atoms with Crippen LogP contribution in [0.15, 0.2) is 41.1 Å². The van der Waals surface area contributed by atoms with Crippen LogP contribution in [0.1, 0.15) is 24.1 Å². The van der Waals surface area contributed by atoms with E-state index in [4.69, 9.17) is 0 Å². The summed E-state index contributed by atoms with van der Waals surface area (Å²) in [5, 5.41) is 7.50. The van der Waals surface area contributed by atoms with Crippen LogP contribution in [0.5, 0.6) is 0 Å². The molecule has 0 aliphatic carbocycles. The van der Waals surface area contributed by atoms with Crippen molar-refractivity contribution in [3.63, 3.8) is 0 Å². The first-order valence-corrected chi connectivity index (χ1v) is 6.26. The summed E-state index contributed by atoms with van der Waals surface area (Å²) in [6, 6.07) is 8.93. The first kappa shape index (κ1) is 11.3. The number of halogens is 1. The molecule has 0 radical (unpaired) electrons. The van der Waals surface area contributed by atoms with Gasteiger partial charge in [0.25, 0.3) is 0 Å². The van der Waals surface area contributed by atoms with Crippen molar-refractivity contribution in [1.29, 1.82) is 0 Å². The van der Waals surface area contributed by atoms with E-state index < -0.39 is 0 Å². The van der Waals surface area contributed by atoms with E-state index in [1.165, 1.54) is 11.6 Å². The fourth-order valence-electron chi connectivity index (χ4n) is 1.76. The molecule has 0 amide bonds. The van der Waals surface area contributed by atoms with Crippen molar-refractivity contribution in [3.8, 4) is 0 Å². The van der Waals surface area contributed by atoms with E-state index >= 15 is 0 Å². The fourth-order valence-corrected chi connectivity index (χ4v) is 2.44. The van der Waals surface area contributed by atoms with Crippen molar-refractivity contribution < 1.29 is 4.39 Å². The molecular formula is C13H14FNS. The SMILES string of the molecule is CCNC(c1ccsc1)c1cccc(F)c1. The van der Waals surface area contributed by atoms with E-state index in [-0.39, 0.29) is 11.9 Å². The van der Waals surface area contributed by atoms with Crippen LogP contribution in [-0.2, 0) is 0 Å². The molecule has 2 aromatic rings. The minimum absolute atomic E-state index is 0.0898. The Bertz CT molecular complexity index is 439. The summed E-state index contributed by atoms with van der Waals surface area (Å²) in [4.78, 5) is 0. The lowest BCUT2D eigenvalue weighted by Crippen LogP contribution is -2.21. The Kier molecular flexibility index (Phi) is 3.70. The summed E-state index contributed by atoms with van der Waals surface area (Å²) in [6.45, 7) is 2.91. The summed E-state index contributed by atoms with van der Waals surface area (Å²) >= 11 is 1.66. The van der Waals surface area contributed by atoms with Crippen LogP contribution in [0.2, 0.25) is 0 Å². The van der Waals surface area contributed by atoms with Crippen molar-refractivity contribution in [1.82, 2.24) is 5.32 Å². The third-order valence-electron chi connectivity index (χ3n) is 2.47. The molecule has 1 aromatic heterocycles. The molecule has 0 saturated carbocycles. The first-order valence-electron chi connectivity index (χ1n) is 5.32. The lowest BCUT2D eigenvalue weighted by atomic mass is 10.0. The van der Waals surface area contributed by atoms with Gasteiger partial charge in [0, 0.05) is 0 Å². The molecule has 1 nitrogen and oxygen atoms in total. The quantitative estimate of drug-likeness (QED) is 0.854. The molecule has 1 atom stereocenters. The third kappa shape index (κ3) is 2.49. The van der Waals surface area contributed by atoms with Crippen molar-refractivity contribution in [2.24, 2.45) is 0 Å². The van der Waals surface area contributed by atoms with E-state index in [1.807, 2.05) is 11.4 Å². The molecule has 16 heavy (non-hydrogen) atoms. The molecule has 1 N–H and O–H groups in total. The van der Waals surface area contributed by atoms with Gasteiger partial charge in [0.05, 0.1) is 6.04 Å². The van der Waals surface area contributed by atoms with Gasteiger partial charge in [-0.25, -0.2) is 4.39 Å². The summed E-state index contributed by atoms with van der Waals surface area (Å²) in [5.74, 6) is -0.185. The number of nitrogens with one attached hydrogen (secondary N) is 1. The van der Waals surface area contributed by atoms with Crippen LogP contribution < -0.4 is 5.32 Å². The molecule has 1 heterocycles. The largest absolute Gasteiger partial charge is 0.307 e. The maximum atomic E-state index is 13.2. The Morgan fingerprint density at radius 1 is 1.31 bits per heavy atom. The highest BCUT2D eigenvalue weighted by molar-refractivity contribution is 7.08. The monoisotopic (exact) mass is 235 g/mol. The Hall–Kier alpha value is -1.19. The van der Waals surface area contributed by atoms with Crippen LogP contribution in [0.3, 0.4) is 0 Å². The Balaban J connectivity index is 2.33. The summed E-state index contributed by atoms with van der Waals surface area (Å²) in [7, 11) is 0. The fraction of sp³-hybridized carbons (Fsp3) is 0.231. The van der Waals surface area contributed by atoms with Gasteiger partial charge in [0.1, 0.15) is 5.82 Å². The summed E-state index contributed by atoms with van der Waals surface area (Å²) < 4.78 is 13.2. The third-order valence-corrected chi connectivity index (χ3v) is 3.17. The lowest BCUT2D eigenvalue weighted by molar-refractivity contribution is 0.604. The molecule has 1 aromatic carbocycles. The van der Waals surface area contributed by atoms with Crippen LogP contribution in [-0.4, -0.2) is 6.54 Å². The predicted octanol–water partition coefficient (Wildman–Crippen LogP) is 3.59. The van der Waals surface area contributed by atoms with E-state index in [2.05, 4.69) is 23.7 Å². The standard InChI is InChI=1S/C13H14FNS/c1-2-15-13(11-6-7-16-9-11)10-4-3-5-12(14)8-10/h3-9,13,15H,2H2,1H3. The molecule has 0 spiro atoms. The summed E-state index contributed by atoms with van der Waals surface area (Å²) in [6.07, 6.45) is 0. The van der Waals surface area contributed by atoms with E-state index in [0.717, 1.165) is 12.1 Å². The lowest BCUT2D eigenvalue weighted by Gasteiger charge is -2.17. The van der Waals surface area contributed by atoms with Crippen molar-refractivity contribution in [2.45, 2.75) is 13.0 Å². The van der Waals surface area contributed by atoms with Crippen molar-refractivity contribution in [3.05, 3.63) is 58.0 Å². The maximum absolute atomic E-state index is 13.2. The van der Waals surface area contributed by atoms with Gasteiger partial charge in [-0.3, -0.25) is 0 Å². The van der Waals surface area contributed by atoms with Crippen LogP contribution >= 0.6 is 11.3 Å². The molecule has 84 valence electrons. The topological polar surface area (TPSA) is 12.0 Å². The van der Waals surface area contributed by atoms with Gasteiger partial charge in [-0.15, -0.1) is 0 Å². The number of hydrogen-bond acceptors (Lipinski definition) is 2. The number of thiophene rings is 1. The highest BCUT2D eigenvalue weighted by atomic mass is 32.1. The molecule has 2 rings (SSSR count). The minimum Gasteiger partial charge on any atom is -0.307 e. The highest BCUT2D eigenvalue weighted by Crippen LogP contribution is 2.24. The Morgan fingerprint density at radius 3 is 2.81 bits per heavy atom.